The Bertz CT molecular complexity index is 1380. The van der Waals surface area contributed by atoms with Crippen LogP contribution in [0.1, 0.15) is 35.4 Å². The lowest BCUT2D eigenvalue weighted by Gasteiger charge is -2.31. The molecule has 1 aliphatic heterocycles. The van der Waals surface area contributed by atoms with E-state index in [-0.39, 0.29) is 11.6 Å². The van der Waals surface area contributed by atoms with E-state index >= 15 is 0 Å². The summed E-state index contributed by atoms with van der Waals surface area (Å²) in [6, 6.07) is 18.5. The third-order valence-electron chi connectivity index (χ3n) is 6.43. The number of fused-ring (bicyclic) bond motifs is 1. The zero-order chi connectivity index (χ0) is 23.7. The highest BCUT2D eigenvalue weighted by atomic mass is 16.1. The Morgan fingerprint density at radius 3 is 2.56 bits per heavy atom. The van der Waals surface area contributed by atoms with E-state index < -0.39 is 0 Å². The minimum Gasteiger partial charge on any atom is -0.341 e. The fourth-order valence-electron chi connectivity index (χ4n) is 4.51. The number of hydrogen-bond acceptors (Lipinski definition) is 5. The highest BCUT2D eigenvalue weighted by Gasteiger charge is 2.25. The molecule has 7 nitrogen and oxygen atoms in total. The number of hydrogen-bond donors (Lipinski definition) is 1. The molecule has 3 heterocycles. The molecule has 0 radical (unpaired) electrons. The average molecular weight is 455 g/mol. The van der Waals surface area contributed by atoms with Gasteiger partial charge in [-0.25, -0.2) is 4.98 Å². The highest BCUT2D eigenvalue weighted by molar-refractivity contribution is 5.77. The molecule has 0 amide bonds. The van der Waals surface area contributed by atoms with Gasteiger partial charge in [0.2, 0.25) is 5.95 Å². The maximum atomic E-state index is 13.6. The summed E-state index contributed by atoms with van der Waals surface area (Å²) in [6.07, 6.45) is 5.85. The first kappa shape index (κ1) is 22.1. The first-order valence-electron chi connectivity index (χ1n) is 11.8. The molecule has 0 saturated carbocycles. The Labute approximate surface area is 199 Å². The zero-order valence-electron chi connectivity index (χ0n) is 19.7. The molecule has 5 rings (SSSR count). The summed E-state index contributed by atoms with van der Waals surface area (Å²) in [5, 5.41) is 0. The van der Waals surface area contributed by atoms with Gasteiger partial charge in [0.1, 0.15) is 5.82 Å². The van der Waals surface area contributed by atoms with Gasteiger partial charge in [-0.2, -0.15) is 4.98 Å². The summed E-state index contributed by atoms with van der Waals surface area (Å²) in [7, 11) is 1.76. The van der Waals surface area contributed by atoms with Gasteiger partial charge in [-0.1, -0.05) is 66.2 Å². The maximum absolute atomic E-state index is 13.6. The van der Waals surface area contributed by atoms with Crippen molar-refractivity contribution in [1.29, 1.82) is 0 Å². The third-order valence-corrected chi connectivity index (χ3v) is 6.43. The molecule has 1 atom stereocenters. The summed E-state index contributed by atoms with van der Waals surface area (Å²) in [5.41, 5.74) is 10.5. The lowest BCUT2D eigenvalue weighted by Crippen LogP contribution is -2.44. The number of aryl methyl sites for hydroxylation is 1. The van der Waals surface area contributed by atoms with Crippen molar-refractivity contribution in [2.24, 2.45) is 12.8 Å². The van der Waals surface area contributed by atoms with Gasteiger partial charge in [0.25, 0.3) is 5.56 Å². The number of benzene rings is 2. The second-order valence-electron chi connectivity index (χ2n) is 9.08. The van der Waals surface area contributed by atoms with Gasteiger partial charge in [0.15, 0.2) is 11.2 Å². The van der Waals surface area contributed by atoms with E-state index in [9.17, 15) is 4.79 Å². The van der Waals surface area contributed by atoms with E-state index in [0.29, 0.717) is 23.5 Å². The number of nitrogens with two attached hydrogens (primary N) is 1. The van der Waals surface area contributed by atoms with Gasteiger partial charge in [-0.05, 0) is 37.0 Å². The molecule has 0 spiro atoms. The molecule has 4 aromatic rings. The van der Waals surface area contributed by atoms with Crippen LogP contribution in [0.2, 0.25) is 0 Å². The molecule has 174 valence electrons. The van der Waals surface area contributed by atoms with Gasteiger partial charge >= 0.3 is 0 Å². The maximum Gasteiger partial charge on any atom is 0.279 e. The Morgan fingerprint density at radius 2 is 1.82 bits per heavy atom. The normalized spacial score (nSPS) is 16.6. The smallest absolute Gasteiger partial charge is 0.279 e. The highest BCUT2D eigenvalue weighted by Crippen LogP contribution is 2.24. The summed E-state index contributed by atoms with van der Waals surface area (Å²) in [4.78, 5) is 25.4. The van der Waals surface area contributed by atoms with E-state index in [2.05, 4.69) is 48.2 Å². The van der Waals surface area contributed by atoms with Crippen LogP contribution in [0.15, 0.2) is 59.4 Å². The van der Waals surface area contributed by atoms with Crippen molar-refractivity contribution in [3.05, 3.63) is 87.5 Å². The van der Waals surface area contributed by atoms with Crippen LogP contribution in [0.4, 0.5) is 5.95 Å². The Balaban J connectivity index is 1.62. The van der Waals surface area contributed by atoms with Crippen LogP contribution in [0.25, 0.3) is 23.3 Å². The first-order valence-corrected chi connectivity index (χ1v) is 11.8. The average Bonchev–Trinajstić information content (AvgIpc) is 3.20. The molecule has 7 heteroatoms. The molecule has 2 aromatic carbocycles. The number of nitrogens with zero attached hydrogens (tertiary/aromatic N) is 5. The molecule has 1 aliphatic rings. The van der Waals surface area contributed by atoms with Gasteiger partial charge < -0.3 is 10.6 Å². The van der Waals surface area contributed by atoms with Crippen LogP contribution < -0.4 is 16.2 Å². The third kappa shape index (κ3) is 4.39. The second-order valence-corrected chi connectivity index (χ2v) is 9.08. The SMILES string of the molecule is Cc1ccc(/C=C/c2nc3nc(N4CCCC(N)C4)n(Cc4ccccc4)c3c(=O)n2C)cc1. The predicted molar refractivity (Wildman–Crippen MR) is 138 cm³/mol. The quantitative estimate of drug-likeness (QED) is 0.498. The van der Waals surface area contributed by atoms with Crippen molar-refractivity contribution in [3.8, 4) is 0 Å². The number of aromatic nitrogens is 4. The van der Waals surface area contributed by atoms with Crippen LogP contribution in [0.5, 0.6) is 0 Å². The summed E-state index contributed by atoms with van der Waals surface area (Å²) < 4.78 is 3.60. The molecule has 34 heavy (non-hydrogen) atoms. The Morgan fingerprint density at radius 1 is 1.06 bits per heavy atom. The van der Waals surface area contributed by atoms with Crippen LogP contribution >= 0.6 is 0 Å². The van der Waals surface area contributed by atoms with Crippen LogP contribution in [-0.2, 0) is 13.6 Å². The monoisotopic (exact) mass is 454 g/mol. The van der Waals surface area contributed by atoms with Crippen LogP contribution in [0.3, 0.4) is 0 Å². The van der Waals surface area contributed by atoms with Crippen molar-refractivity contribution in [2.75, 3.05) is 18.0 Å². The molecular formula is C27H30N6O. The fourth-order valence-corrected chi connectivity index (χ4v) is 4.51. The van der Waals surface area contributed by atoms with Crippen LogP contribution in [-0.4, -0.2) is 38.2 Å². The van der Waals surface area contributed by atoms with Crippen molar-refractivity contribution in [1.82, 2.24) is 19.1 Å². The van der Waals surface area contributed by atoms with E-state index in [1.165, 1.54) is 5.56 Å². The molecule has 1 saturated heterocycles. The number of anilines is 1. The molecule has 1 unspecified atom stereocenters. The molecular weight excluding hydrogens is 424 g/mol. The first-order chi connectivity index (χ1) is 16.5. The topological polar surface area (TPSA) is 82.0 Å². The Kier molecular flexibility index (Phi) is 6.02. The number of piperidine rings is 1. The van der Waals surface area contributed by atoms with E-state index in [1.54, 1.807) is 11.6 Å². The van der Waals surface area contributed by atoms with Crippen LogP contribution in [0, 0.1) is 6.92 Å². The minimum atomic E-state index is -0.107. The predicted octanol–water partition coefficient (Wildman–Crippen LogP) is 3.58. The van der Waals surface area contributed by atoms with E-state index in [4.69, 9.17) is 15.7 Å². The van der Waals surface area contributed by atoms with E-state index in [1.807, 2.05) is 34.9 Å². The largest absolute Gasteiger partial charge is 0.341 e. The van der Waals surface area contributed by atoms with Crippen molar-refractivity contribution in [3.63, 3.8) is 0 Å². The van der Waals surface area contributed by atoms with Gasteiger partial charge in [0, 0.05) is 26.2 Å². The van der Waals surface area contributed by atoms with Gasteiger partial charge in [-0.3, -0.25) is 13.9 Å². The van der Waals surface area contributed by atoms with Gasteiger partial charge in [-0.15, -0.1) is 0 Å². The number of imidazole rings is 1. The van der Waals surface area contributed by atoms with Crippen molar-refractivity contribution in [2.45, 2.75) is 32.4 Å². The minimum absolute atomic E-state index is 0.0996. The lowest BCUT2D eigenvalue weighted by atomic mass is 10.1. The molecule has 2 N–H and O–H groups in total. The van der Waals surface area contributed by atoms with Crippen molar-refractivity contribution >= 4 is 29.3 Å². The van der Waals surface area contributed by atoms with E-state index in [0.717, 1.165) is 43.0 Å². The molecule has 2 aromatic heterocycles. The molecule has 1 fully saturated rings. The summed E-state index contributed by atoms with van der Waals surface area (Å²) >= 11 is 0. The second kappa shape index (κ2) is 9.27. The fraction of sp³-hybridized carbons (Fsp3) is 0.296. The van der Waals surface area contributed by atoms with Gasteiger partial charge in [0.05, 0.1) is 6.54 Å². The zero-order valence-corrected chi connectivity index (χ0v) is 19.7. The standard InChI is InChI=1S/C27H30N6O/c1-19-10-12-20(13-11-19)14-15-23-29-25-24(26(34)31(23)2)33(17-21-7-4-3-5-8-21)27(30-25)32-16-6-9-22(28)18-32/h3-5,7-8,10-15,22H,6,9,16-18,28H2,1-2H3/b15-14+. The number of rotatable bonds is 5. The summed E-state index contributed by atoms with van der Waals surface area (Å²) in [6.45, 7) is 4.20. The molecule has 0 bridgehead atoms. The Hall–Kier alpha value is -3.71. The van der Waals surface area contributed by atoms with Crippen molar-refractivity contribution < 1.29 is 0 Å². The lowest BCUT2D eigenvalue weighted by molar-refractivity contribution is 0.495. The molecule has 0 aliphatic carbocycles. The summed E-state index contributed by atoms with van der Waals surface area (Å²) in [5.74, 6) is 1.34.